The average molecular weight is 270 g/mol. The number of rotatable bonds is 3. The smallest absolute Gasteiger partial charge is 0.262 e. The summed E-state index contributed by atoms with van der Waals surface area (Å²) in [6.45, 7) is 5.75. The second kappa shape index (κ2) is 4.16. The first-order valence-electron chi connectivity index (χ1n) is 5.29. The SMILES string of the molecule is CC(C)(C)c1nc(S(=O)(=O)Cc2cn[nH]n2)n[nH]1. The van der Waals surface area contributed by atoms with Gasteiger partial charge in [0, 0.05) is 5.41 Å². The van der Waals surface area contributed by atoms with Crippen molar-refractivity contribution < 1.29 is 8.42 Å². The molecule has 0 saturated heterocycles. The molecule has 2 rings (SSSR count). The zero-order valence-electron chi connectivity index (χ0n) is 10.3. The maximum absolute atomic E-state index is 12.0. The minimum atomic E-state index is -3.60. The second-order valence-electron chi connectivity index (χ2n) is 4.94. The molecule has 0 radical (unpaired) electrons. The van der Waals surface area contributed by atoms with E-state index in [2.05, 4.69) is 30.6 Å². The maximum Gasteiger partial charge on any atom is 0.267 e. The van der Waals surface area contributed by atoms with Gasteiger partial charge in [-0.2, -0.15) is 15.4 Å². The van der Waals surface area contributed by atoms with E-state index in [-0.39, 0.29) is 16.3 Å². The fourth-order valence-electron chi connectivity index (χ4n) is 1.28. The summed E-state index contributed by atoms with van der Waals surface area (Å²) in [6, 6.07) is 0. The van der Waals surface area contributed by atoms with Crippen LogP contribution in [0.3, 0.4) is 0 Å². The van der Waals surface area contributed by atoms with Crippen LogP contribution >= 0.6 is 0 Å². The summed E-state index contributed by atoms with van der Waals surface area (Å²) in [5.74, 6) is 0.256. The van der Waals surface area contributed by atoms with E-state index in [9.17, 15) is 8.42 Å². The highest BCUT2D eigenvalue weighted by Crippen LogP contribution is 2.19. The van der Waals surface area contributed by atoms with Crippen LogP contribution in [0, 0.1) is 0 Å². The van der Waals surface area contributed by atoms with Gasteiger partial charge in [-0.25, -0.2) is 13.4 Å². The normalized spacial score (nSPS) is 12.8. The second-order valence-corrected chi connectivity index (χ2v) is 6.82. The van der Waals surface area contributed by atoms with Crippen molar-refractivity contribution in [1.82, 2.24) is 30.6 Å². The van der Waals surface area contributed by atoms with Gasteiger partial charge in [0.05, 0.1) is 11.9 Å². The van der Waals surface area contributed by atoms with Crippen LogP contribution in [0.25, 0.3) is 0 Å². The molecule has 2 aromatic rings. The first-order chi connectivity index (χ1) is 8.29. The minimum Gasteiger partial charge on any atom is -0.262 e. The topological polar surface area (TPSA) is 117 Å². The van der Waals surface area contributed by atoms with Crippen LogP contribution in [0.5, 0.6) is 0 Å². The molecule has 0 aromatic carbocycles. The number of nitrogens with zero attached hydrogens (tertiary/aromatic N) is 4. The molecule has 0 aliphatic rings. The Labute approximate surface area is 104 Å². The van der Waals surface area contributed by atoms with Crippen molar-refractivity contribution in [2.75, 3.05) is 0 Å². The van der Waals surface area contributed by atoms with Gasteiger partial charge in [0.1, 0.15) is 11.6 Å². The summed E-state index contributed by atoms with van der Waals surface area (Å²) >= 11 is 0. The lowest BCUT2D eigenvalue weighted by Gasteiger charge is -2.12. The van der Waals surface area contributed by atoms with E-state index >= 15 is 0 Å². The first-order valence-corrected chi connectivity index (χ1v) is 6.94. The Hall–Kier alpha value is -1.77. The predicted molar refractivity (Wildman–Crippen MR) is 62.4 cm³/mol. The van der Waals surface area contributed by atoms with Crippen LogP contribution in [0.4, 0.5) is 0 Å². The molecule has 0 unspecified atom stereocenters. The van der Waals surface area contributed by atoms with Crippen molar-refractivity contribution in [1.29, 1.82) is 0 Å². The van der Waals surface area contributed by atoms with E-state index < -0.39 is 9.84 Å². The summed E-state index contributed by atoms with van der Waals surface area (Å²) in [4.78, 5) is 4.02. The Morgan fingerprint density at radius 2 is 2.00 bits per heavy atom. The van der Waals surface area contributed by atoms with Crippen molar-refractivity contribution in [2.24, 2.45) is 0 Å². The van der Waals surface area contributed by atoms with Gasteiger partial charge in [-0.1, -0.05) is 20.8 Å². The van der Waals surface area contributed by atoms with Crippen LogP contribution < -0.4 is 0 Å². The predicted octanol–water partition coefficient (Wildman–Crippen LogP) is 0.194. The molecule has 0 bridgehead atoms. The Morgan fingerprint density at radius 3 is 2.50 bits per heavy atom. The van der Waals surface area contributed by atoms with Gasteiger partial charge >= 0.3 is 0 Å². The van der Waals surface area contributed by atoms with E-state index in [1.165, 1.54) is 6.20 Å². The minimum absolute atomic E-state index is 0.213. The molecule has 0 spiro atoms. The number of hydrogen-bond acceptors (Lipinski definition) is 6. The fourth-order valence-corrected chi connectivity index (χ4v) is 2.35. The van der Waals surface area contributed by atoms with E-state index in [1.54, 1.807) is 0 Å². The molecular weight excluding hydrogens is 256 g/mol. The monoisotopic (exact) mass is 270 g/mol. The number of nitrogens with one attached hydrogen (secondary N) is 2. The van der Waals surface area contributed by atoms with Gasteiger partial charge in [0.2, 0.25) is 9.84 Å². The number of aromatic nitrogens is 6. The van der Waals surface area contributed by atoms with Crippen LogP contribution in [0.15, 0.2) is 11.4 Å². The number of aromatic amines is 2. The van der Waals surface area contributed by atoms with E-state index in [0.29, 0.717) is 11.5 Å². The molecule has 2 heterocycles. The molecule has 0 saturated carbocycles. The molecule has 9 heteroatoms. The van der Waals surface area contributed by atoms with Gasteiger partial charge in [0.15, 0.2) is 0 Å². The van der Waals surface area contributed by atoms with Gasteiger partial charge < -0.3 is 0 Å². The summed E-state index contributed by atoms with van der Waals surface area (Å²) in [6.07, 6.45) is 1.36. The molecule has 0 aliphatic carbocycles. The van der Waals surface area contributed by atoms with E-state index in [1.807, 2.05) is 20.8 Å². The standard InChI is InChI=1S/C9H14N6O2S/c1-9(2,3)7-11-8(14-13-7)18(16,17)5-6-4-10-15-12-6/h4H,5H2,1-3H3,(H,10,12,15)(H,11,13,14). The quantitative estimate of drug-likeness (QED) is 0.822. The highest BCUT2D eigenvalue weighted by Gasteiger charge is 2.26. The van der Waals surface area contributed by atoms with E-state index in [0.717, 1.165) is 0 Å². The van der Waals surface area contributed by atoms with Crippen molar-refractivity contribution in [2.45, 2.75) is 37.1 Å². The maximum atomic E-state index is 12.0. The summed E-state index contributed by atoms with van der Waals surface area (Å²) < 4.78 is 24.0. The molecule has 98 valence electrons. The molecule has 18 heavy (non-hydrogen) atoms. The van der Waals surface area contributed by atoms with Crippen molar-refractivity contribution in [3.8, 4) is 0 Å². The highest BCUT2D eigenvalue weighted by atomic mass is 32.2. The number of sulfone groups is 1. The highest BCUT2D eigenvalue weighted by molar-refractivity contribution is 7.90. The van der Waals surface area contributed by atoms with Gasteiger partial charge in [-0.15, -0.1) is 5.10 Å². The lowest BCUT2D eigenvalue weighted by Crippen LogP contribution is -2.14. The Bertz CT molecular complexity index is 622. The molecular formula is C9H14N6O2S. The van der Waals surface area contributed by atoms with Crippen LogP contribution in [-0.2, 0) is 21.0 Å². The summed E-state index contributed by atoms with van der Waals surface area (Å²) in [7, 11) is -3.60. The van der Waals surface area contributed by atoms with Crippen LogP contribution in [-0.4, -0.2) is 39.0 Å². The lowest BCUT2D eigenvalue weighted by atomic mass is 9.96. The van der Waals surface area contributed by atoms with Crippen molar-refractivity contribution in [3.05, 3.63) is 17.7 Å². The molecule has 8 nitrogen and oxygen atoms in total. The third-order valence-corrected chi connectivity index (χ3v) is 3.67. The van der Waals surface area contributed by atoms with Crippen molar-refractivity contribution >= 4 is 9.84 Å². The lowest BCUT2D eigenvalue weighted by molar-refractivity contribution is 0.546. The van der Waals surface area contributed by atoms with Crippen LogP contribution in [0.1, 0.15) is 32.3 Å². The molecule has 0 atom stereocenters. The number of hydrogen-bond donors (Lipinski definition) is 2. The van der Waals surface area contributed by atoms with Gasteiger partial charge in [0.25, 0.3) is 5.16 Å². The Kier molecular flexibility index (Phi) is 2.93. The van der Waals surface area contributed by atoms with Crippen LogP contribution in [0.2, 0.25) is 0 Å². The zero-order valence-corrected chi connectivity index (χ0v) is 11.1. The first kappa shape index (κ1) is 12.7. The molecule has 2 aromatic heterocycles. The third-order valence-electron chi connectivity index (χ3n) is 2.26. The summed E-state index contributed by atoms with van der Waals surface area (Å²) in [5, 5.41) is 15.8. The molecule has 0 aliphatic heterocycles. The van der Waals surface area contributed by atoms with Gasteiger partial charge in [-0.3, -0.25) is 5.10 Å². The molecule has 0 fully saturated rings. The molecule has 0 amide bonds. The van der Waals surface area contributed by atoms with Gasteiger partial charge in [-0.05, 0) is 0 Å². The zero-order chi connectivity index (χ0) is 13.4. The Balaban J connectivity index is 2.28. The third kappa shape index (κ3) is 2.55. The van der Waals surface area contributed by atoms with Crippen molar-refractivity contribution in [3.63, 3.8) is 0 Å². The Morgan fingerprint density at radius 1 is 1.28 bits per heavy atom. The largest absolute Gasteiger partial charge is 0.267 e. The average Bonchev–Trinajstić information content (AvgIpc) is 2.83. The van der Waals surface area contributed by atoms with E-state index in [4.69, 9.17) is 0 Å². The molecule has 2 N–H and O–H groups in total. The fraction of sp³-hybridized carbons (Fsp3) is 0.556. The summed E-state index contributed by atoms with van der Waals surface area (Å²) in [5.41, 5.74) is 0.0476. The number of H-pyrrole nitrogens is 2.